The number of halogens is 1. The van der Waals surface area contributed by atoms with Gasteiger partial charge in [-0.15, -0.1) is 12.6 Å². The van der Waals surface area contributed by atoms with Crippen molar-refractivity contribution >= 4 is 30.1 Å². The van der Waals surface area contributed by atoms with E-state index in [9.17, 15) is 4.79 Å². The zero-order chi connectivity index (χ0) is 14.9. The minimum absolute atomic E-state index is 0.0426. The molecule has 2 rings (SSSR count). The van der Waals surface area contributed by atoms with Crippen molar-refractivity contribution in [3.8, 4) is 0 Å². The molecule has 0 N–H and O–H groups in total. The van der Waals surface area contributed by atoms with E-state index >= 15 is 0 Å². The smallest absolute Gasteiger partial charge is 0.255 e. The Balaban J connectivity index is 2.14. The highest BCUT2D eigenvalue weighted by molar-refractivity contribution is 7.80. The number of nitrogens with zero attached hydrogens (tertiary/aromatic N) is 2. The first-order valence-corrected chi connectivity index (χ1v) is 7.60. The molecule has 1 aliphatic carbocycles. The van der Waals surface area contributed by atoms with Gasteiger partial charge in [-0.1, -0.05) is 11.6 Å². The molecule has 0 atom stereocenters. The zero-order valence-electron chi connectivity index (χ0n) is 12.2. The topological polar surface area (TPSA) is 23.6 Å². The summed E-state index contributed by atoms with van der Waals surface area (Å²) in [5.74, 6) is -0.0426. The number of likely N-dealkylation sites (N-methyl/N-ethyl adjacent to an activating group) is 2. The molecule has 0 spiro atoms. The maximum atomic E-state index is 12.5. The van der Waals surface area contributed by atoms with Crippen LogP contribution in [0.5, 0.6) is 0 Å². The molecule has 0 heterocycles. The lowest BCUT2D eigenvalue weighted by Crippen LogP contribution is -2.57. The van der Waals surface area contributed by atoms with Crippen molar-refractivity contribution in [3.63, 3.8) is 0 Å². The van der Waals surface area contributed by atoms with Crippen molar-refractivity contribution in [1.82, 2.24) is 9.80 Å². The van der Waals surface area contributed by atoms with Crippen molar-refractivity contribution in [2.75, 3.05) is 27.7 Å². The highest BCUT2D eigenvalue weighted by atomic mass is 35.5. The Morgan fingerprint density at radius 2 is 2.00 bits per heavy atom. The number of carbonyl (C=O) groups excluding carboxylic acids is 1. The number of benzene rings is 1. The third-order valence-electron chi connectivity index (χ3n) is 4.29. The molecule has 0 saturated heterocycles. The van der Waals surface area contributed by atoms with E-state index in [2.05, 4.69) is 31.6 Å². The Kier molecular flexibility index (Phi) is 4.67. The normalized spacial score (nSPS) is 16.9. The Labute approximate surface area is 131 Å². The van der Waals surface area contributed by atoms with Crippen LogP contribution < -0.4 is 0 Å². The fourth-order valence-corrected chi connectivity index (χ4v) is 3.13. The van der Waals surface area contributed by atoms with E-state index in [1.807, 2.05) is 7.05 Å². The number of amides is 1. The molecule has 1 aromatic carbocycles. The van der Waals surface area contributed by atoms with E-state index in [1.165, 1.54) is 6.42 Å². The third-order valence-corrected chi connectivity index (χ3v) is 4.90. The van der Waals surface area contributed by atoms with Crippen LogP contribution in [0.2, 0.25) is 5.02 Å². The number of rotatable bonds is 4. The molecule has 0 unspecified atom stereocenters. The van der Waals surface area contributed by atoms with Crippen LogP contribution in [0, 0.1) is 0 Å². The zero-order valence-corrected chi connectivity index (χ0v) is 13.8. The van der Waals surface area contributed by atoms with Crippen molar-refractivity contribution in [2.24, 2.45) is 0 Å². The van der Waals surface area contributed by atoms with E-state index in [1.54, 1.807) is 23.1 Å². The molecule has 0 bridgehead atoms. The Bertz CT molecular complexity index is 515. The summed E-state index contributed by atoms with van der Waals surface area (Å²) in [5, 5.41) is 0.479. The van der Waals surface area contributed by atoms with Crippen molar-refractivity contribution in [2.45, 2.75) is 29.7 Å². The van der Waals surface area contributed by atoms with Crippen LogP contribution in [0.15, 0.2) is 23.1 Å². The second-order valence-corrected chi connectivity index (χ2v) is 6.72. The standard InChI is InChI=1S/C15H21ClN2OS/c1-17(2)15(7-4-8-15)10-18(3)14(19)12-9-11(20)5-6-13(12)16/h5-6,9,20H,4,7-8,10H2,1-3H3. The Morgan fingerprint density at radius 1 is 1.35 bits per heavy atom. The maximum absolute atomic E-state index is 12.5. The van der Waals surface area contributed by atoms with Gasteiger partial charge in [-0.05, 0) is 51.6 Å². The van der Waals surface area contributed by atoms with Gasteiger partial charge in [0.15, 0.2) is 0 Å². The fourth-order valence-electron chi connectivity index (χ4n) is 2.73. The molecule has 1 fully saturated rings. The van der Waals surface area contributed by atoms with Crippen molar-refractivity contribution in [3.05, 3.63) is 28.8 Å². The Morgan fingerprint density at radius 3 is 2.50 bits per heavy atom. The average molecular weight is 313 g/mol. The van der Waals surface area contributed by atoms with Crippen LogP contribution in [0.3, 0.4) is 0 Å². The predicted molar refractivity (Wildman–Crippen MR) is 85.9 cm³/mol. The van der Waals surface area contributed by atoms with Crippen LogP contribution in [0.25, 0.3) is 0 Å². The number of thiol groups is 1. The van der Waals surface area contributed by atoms with Crippen LogP contribution in [-0.2, 0) is 0 Å². The summed E-state index contributed by atoms with van der Waals surface area (Å²) in [7, 11) is 6.00. The Hall–Kier alpha value is -0.710. The van der Waals surface area contributed by atoms with Crippen LogP contribution in [0.1, 0.15) is 29.6 Å². The van der Waals surface area contributed by atoms with E-state index < -0.39 is 0 Å². The molecule has 0 aliphatic heterocycles. The molecule has 110 valence electrons. The molecule has 5 heteroatoms. The number of hydrogen-bond donors (Lipinski definition) is 1. The molecule has 1 saturated carbocycles. The van der Waals surface area contributed by atoms with Crippen LogP contribution in [0.4, 0.5) is 0 Å². The van der Waals surface area contributed by atoms with E-state index in [-0.39, 0.29) is 11.4 Å². The van der Waals surface area contributed by atoms with Crippen molar-refractivity contribution in [1.29, 1.82) is 0 Å². The van der Waals surface area contributed by atoms with Gasteiger partial charge in [0, 0.05) is 24.0 Å². The van der Waals surface area contributed by atoms with E-state index in [0.29, 0.717) is 10.6 Å². The van der Waals surface area contributed by atoms with Gasteiger partial charge < -0.3 is 9.80 Å². The molecule has 3 nitrogen and oxygen atoms in total. The average Bonchev–Trinajstić information content (AvgIpc) is 2.35. The van der Waals surface area contributed by atoms with Gasteiger partial charge in [0.2, 0.25) is 0 Å². The van der Waals surface area contributed by atoms with E-state index in [0.717, 1.165) is 24.3 Å². The predicted octanol–water partition coefficient (Wildman–Crippen LogP) is 3.19. The van der Waals surface area contributed by atoms with Gasteiger partial charge in [-0.3, -0.25) is 4.79 Å². The van der Waals surface area contributed by atoms with Crippen molar-refractivity contribution < 1.29 is 4.79 Å². The lowest BCUT2D eigenvalue weighted by atomic mass is 9.75. The summed E-state index contributed by atoms with van der Waals surface area (Å²) in [6.45, 7) is 0.728. The summed E-state index contributed by atoms with van der Waals surface area (Å²) < 4.78 is 0. The SMILES string of the molecule is CN(CC1(N(C)C)CCC1)C(=O)c1cc(S)ccc1Cl. The van der Waals surface area contributed by atoms with Gasteiger partial charge >= 0.3 is 0 Å². The molecule has 1 aromatic rings. The van der Waals surface area contributed by atoms with Crippen LogP contribution in [-0.4, -0.2) is 48.9 Å². The monoisotopic (exact) mass is 312 g/mol. The molecule has 1 aliphatic rings. The lowest BCUT2D eigenvalue weighted by molar-refractivity contribution is 0.0252. The summed E-state index contributed by atoms with van der Waals surface area (Å²) in [5.41, 5.74) is 0.644. The largest absolute Gasteiger partial charge is 0.340 e. The quantitative estimate of drug-likeness (QED) is 0.863. The number of carbonyl (C=O) groups is 1. The highest BCUT2D eigenvalue weighted by Crippen LogP contribution is 2.37. The first-order valence-electron chi connectivity index (χ1n) is 6.77. The minimum Gasteiger partial charge on any atom is -0.340 e. The molecule has 0 aromatic heterocycles. The second-order valence-electron chi connectivity index (χ2n) is 5.80. The number of hydrogen-bond acceptors (Lipinski definition) is 3. The summed E-state index contributed by atoms with van der Waals surface area (Å²) in [6.07, 6.45) is 3.50. The molecular formula is C15H21ClN2OS. The lowest BCUT2D eigenvalue weighted by Gasteiger charge is -2.49. The summed E-state index contributed by atoms with van der Waals surface area (Å²) >= 11 is 10.4. The molecule has 1 amide bonds. The second kappa shape index (κ2) is 5.96. The first kappa shape index (κ1) is 15.7. The van der Waals surface area contributed by atoms with Gasteiger partial charge in [0.25, 0.3) is 5.91 Å². The maximum Gasteiger partial charge on any atom is 0.255 e. The van der Waals surface area contributed by atoms with Crippen LogP contribution >= 0.6 is 24.2 Å². The first-order chi connectivity index (χ1) is 9.35. The minimum atomic E-state index is -0.0426. The summed E-state index contributed by atoms with van der Waals surface area (Å²) in [4.78, 5) is 17.3. The van der Waals surface area contributed by atoms with Gasteiger partial charge in [0.05, 0.1) is 10.6 Å². The summed E-state index contributed by atoms with van der Waals surface area (Å²) in [6, 6.07) is 5.23. The highest BCUT2D eigenvalue weighted by Gasteiger charge is 2.40. The fraction of sp³-hybridized carbons (Fsp3) is 0.533. The molecular weight excluding hydrogens is 292 g/mol. The van der Waals surface area contributed by atoms with Gasteiger partial charge in [0.1, 0.15) is 0 Å². The van der Waals surface area contributed by atoms with Gasteiger partial charge in [-0.25, -0.2) is 0 Å². The van der Waals surface area contributed by atoms with Gasteiger partial charge in [-0.2, -0.15) is 0 Å². The van der Waals surface area contributed by atoms with E-state index in [4.69, 9.17) is 11.6 Å². The molecule has 20 heavy (non-hydrogen) atoms. The molecule has 0 radical (unpaired) electrons. The third kappa shape index (κ3) is 2.97.